The number of pyridine rings is 1. The van der Waals surface area contributed by atoms with Crippen molar-refractivity contribution in [2.75, 3.05) is 0 Å². The van der Waals surface area contributed by atoms with Gasteiger partial charge in [-0.2, -0.15) is 0 Å². The second-order valence-electron chi connectivity index (χ2n) is 3.30. The largest absolute Gasteiger partial charge is 0.256 e. The monoisotopic (exact) mass is 210 g/mol. The molecule has 0 unspecified atom stereocenters. The van der Waals surface area contributed by atoms with Crippen LogP contribution in [-0.2, 0) is 0 Å². The highest BCUT2D eigenvalue weighted by Crippen LogP contribution is 2.30. The van der Waals surface area contributed by atoms with Gasteiger partial charge >= 0.3 is 0 Å². The molecule has 0 atom stereocenters. The van der Waals surface area contributed by atoms with E-state index >= 15 is 0 Å². The van der Waals surface area contributed by atoms with Crippen LogP contribution < -0.4 is 0 Å². The molecule has 0 saturated heterocycles. The van der Waals surface area contributed by atoms with Crippen LogP contribution in [0.5, 0.6) is 0 Å². The molecule has 3 rings (SSSR count). The summed E-state index contributed by atoms with van der Waals surface area (Å²) in [6.45, 7) is 0. The Morgan fingerprint density at radius 2 is 2.07 bits per heavy atom. The van der Waals surface area contributed by atoms with E-state index in [1.165, 1.54) is 15.6 Å². The van der Waals surface area contributed by atoms with E-state index in [1.807, 2.05) is 30.5 Å². The second-order valence-corrected chi connectivity index (χ2v) is 4.15. The Kier molecular flexibility index (Phi) is 2.00. The maximum atomic E-state index is 4.37. The molecule has 15 heavy (non-hydrogen) atoms. The van der Waals surface area contributed by atoms with Crippen LogP contribution in [0.25, 0.3) is 21.3 Å². The van der Waals surface area contributed by atoms with Gasteiger partial charge in [0.25, 0.3) is 0 Å². The van der Waals surface area contributed by atoms with E-state index in [1.54, 1.807) is 11.3 Å². The molecular formula is C13H8NS. The van der Waals surface area contributed by atoms with Crippen LogP contribution in [0.3, 0.4) is 0 Å². The molecule has 0 fully saturated rings. The third-order valence-corrected chi connectivity index (χ3v) is 3.26. The molecule has 0 aliphatic carbocycles. The Balaban J connectivity index is 2.31. The highest BCUT2D eigenvalue weighted by Gasteiger charge is 2.04. The Hall–Kier alpha value is -1.67. The molecule has 2 heteroatoms. The van der Waals surface area contributed by atoms with Crippen molar-refractivity contribution in [1.29, 1.82) is 0 Å². The van der Waals surface area contributed by atoms with Crippen molar-refractivity contribution in [3.05, 3.63) is 54.0 Å². The highest BCUT2D eigenvalue weighted by molar-refractivity contribution is 7.17. The zero-order valence-corrected chi connectivity index (χ0v) is 8.79. The lowest BCUT2D eigenvalue weighted by atomic mass is 10.1. The van der Waals surface area contributed by atoms with Gasteiger partial charge < -0.3 is 0 Å². The van der Waals surface area contributed by atoms with E-state index < -0.39 is 0 Å². The number of hydrogen-bond acceptors (Lipinski definition) is 2. The van der Waals surface area contributed by atoms with Gasteiger partial charge in [-0.25, -0.2) is 0 Å². The number of rotatable bonds is 1. The van der Waals surface area contributed by atoms with Crippen molar-refractivity contribution in [2.24, 2.45) is 0 Å². The van der Waals surface area contributed by atoms with Gasteiger partial charge in [-0.15, -0.1) is 11.3 Å². The summed E-state index contributed by atoms with van der Waals surface area (Å²) in [4.78, 5) is 4.37. The Morgan fingerprint density at radius 1 is 1.07 bits per heavy atom. The summed E-state index contributed by atoms with van der Waals surface area (Å²) in [5, 5.41) is 4.40. The van der Waals surface area contributed by atoms with Gasteiger partial charge in [0.1, 0.15) is 0 Å². The van der Waals surface area contributed by atoms with Crippen LogP contribution in [0, 0.1) is 5.38 Å². The molecule has 2 heterocycles. The minimum atomic E-state index is 1.03. The standard InChI is InChI=1S/C13H8NS/c1-2-8-14-12(6-1)11-5-3-4-10-7-9-15-13(10)11/h1-8H. The van der Waals surface area contributed by atoms with E-state index in [-0.39, 0.29) is 0 Å². The van der Waals surface area contributed by atoms with Gasteiger partial charge in [0.05, 0.1) is 5.69 Å². The van der Waals surface area contributed by atoms with E-state index in [9.17, 15) is 0 Å². The topological polar surface area (TPSA) is 12.9 Å². The molecular weight excluding hydrogens is 202 g/mol. The molecule has 0 amide bonds. The highest BCUT2D eigenvalue weighted by atomic mass is 32.1. The molecule has 0 aliphatic heterocycles. The van der Waals surface area contributed by atoms with Gasteiger partial charge in [0, 0.05) is 21.8 Å². The Bertz CT molecular complexity index is 584. The van der Waals surface area contributed by atoms with Crippen LogP contribution in [-0.4, -0.2) is 4.98 Å². The fourth-order valence-electron chi connectivity index (χ4n) is 1.66. The fraction of sp³-hybridized carbons (Fsp3) is 0. The number of thiophene rings is 1. The van der Waals surface area contributed by atoms with Crippen LogP contribution in [0.2, 0.25) is 0 Å². The Labute approximate surface area is 92.0 Å². The number of benzene rings is 1. The summed E-state index contributed by atoms with van der Waals surface area (Å²) >= 11 is 1.64. The van der Waals surface area contributed by atoms with E-state index in [2.05, 4.69) is 28.6 Å². The lowest BCUT2D eigenvalue weighted by molar-refractivity contribution is 1.33. The first-order valence-corrected chi connectivity index (χ1v) is 5.57. The number of aromatic nitrogens is 1. The van der Waals surface area contributed by atoms with Crippen molar-refractivity contribution in [1.82, 2.24) is 4.98 Å². The summed E-state index contributed by atoms with van der Waals surface area (Å²) in [6.07, 6.45) is 1.82. The lowest BCUT2D eigenvalue weighted by Crippen LogP contribution is -1.81. The minimum absolute atomic E-state index is 1.03. The summed E-state index contributed by atoms with van der Waals surface area (Å²) in [6, 6.07) is 14.3. The average Bonchev–Trinajstić information content (AvgIpc) is 2.78. The number of hydrogen-bond donors (Lipinski definition) is 0. The van der Waals surface area contributed by atoms with Crippen LogP contribution >= 0.6 is 11.3 Å². The van der Waals surface area contributed by atoms with Gasteiger partial charge in [-0.1, -0.05) is 24.3 Å². The summed E-state index contributed by atoms with van der Waals surface area (Å²) in [5.74, 6) is 0. The third kappa shape index (κ3) is 1.43. The van der Waals surface area contributed by atoms with Crippen LogP contribution in [0.4, 0.5) is 0 Å². The van der Waals surface area contributed by atoms with E-state index in [4.69, 9.17) is 0 Å². The maximum Gasteiger partial charge on any atom is 0.0716 e. The van der Waals surface area contributed by atoms with E-state index in [0.717, 1.165) is 5.69 Å². The van der Waals surface area contributed by atoms with E-state index in [0.29, 0.717) is 0 Å². The maximum absolute atomic E-state index is 4.37. The molecule has 1 radical (unpaired) electrons. The summed E-state index contributed by atoms with van der Waals surface area (Å²) in [5.41, 5.74) is 2.22. The van der Waals surface area contributed by atoms with Crippen molar-refractivity contribution in [3.8, 4) is 11.3 Å². The van der Waals surface area contributed by atoms with Crippen molar-refractivity contribution >= 4 is 21.4 Å². The molecule has 0 bridgehead atoms. The first-order valence-electron chi connectivity index (χ1n) is 4.75. The zero-order valence-electron chi connectivity index (χ0n) is 7.97. The SMILES string of the molecule is [c]1cc2cccc(-c3ccccn3)c2s1. The van der Waals surface area contributed by atoms with Crippen LogP contribution in [0.15, 0.2) is 48.7 Å². The quantitative estimate of drug-likeness (QED) is 0.596. The van der Waals surface area contributed by atoms with Crippen molar-refractivity contribution < 1.29 is 0 Å². The Morgan fingerprint density at radius 3 is 2.93 bits per heavy atom. The van der Waals surface area contributed by atoms with Crippen molar-refractivity contribution in [2.45, 2.75) is 0 Å². The molecule has 0 N–H and O–H groups in total. The molecule has 71 valence electrons. The predicted molar refractivity (Wildman–Crippen MR) is 63.9 cm³/mol. The van der Waals surface area contributed by atoms with Crippen LogP contribution in [0.1, 0.15) is 0 Å². The third-order valence-electron chi connectivity index (χ3n) is 2.36. The van der Waals surface area contributed by atoms with Crippen molar-refractivity contribution in [3.63, 3.8) is 0 Å². The average molecular weight is 210 g/mol. The lowest BCUT2D eigenvalue weighted by Gasteiger charge is -2.01. The fourth-order valence-corrected chi connectivity index (χ4v) is 2.49. The number of nitrogens with zero attached hydrogens (tertiary/aromatic N) is 1. The number of fused-ring (bicyclic) bond motifs is 1. The molecule has 2 aromatic heterocycles. The minimum Gasteiger partial charge on any atom is -0.256 e. The molecule has 3 aromatic rings. The van der Waals surface area contributed by atoms with Gasteiger partial charge in [-0.05, 0) is 23.6 Å². The molecule has 1 aromatic carbocycles. The van der Waals surface area contributed by atoms with Gasteiger partial charge in [0.2, 0.25) is 0 Å². The van der Waals surface area contributed by atoms with Gasteiger partial charge in [0.15, 0.2) is 0 Å². The smallest absolute Gasteiger partial charge is 0.0716 e. The normalized spacial score (nSPS) is 10.7. The molecule has 0 spiro atoms. The van der Waals surface area contributed by atoms with Gasteiger partial charge in [-0.3, -0.25) is 4.98 Å². The summed E-state index contributed by atoms with van der Waals surface area (Å²) in [7, 11) is 0. The zero-order chi connectivity index (χ0) is 10.1. The summed E-state index contributed by atoms with van der Waals surface area (Å²) < 4.78 is 1.26. The second kappa shape index (κ2) is 3.48. The first kappa shape index (κ1) is 8.62. The first-order chi connectivity index (χ1) is 7.45. The molecule has 0 aliphatic rings. The molecule has 1 nitrogen and oxygen atoms in total. The molecule has 0 saturated carbocycles. The predicted octanol–water partition coefficient (Wildman–Crippen LogP) is 3.76.